The van der Waals surface area contributed by atoms with Gasteiger partial charge in [-0.25, -0.2) is 0 Å². The second-order valence-corrected chi connectivity index (χ2v) is 14.6. The average molecular weight is 661 g/mol. The van der Waals surface area contributed by atoms with Crippen molar-refractivity contribution >= 4 is 17.9 Å². The van der Waals surface area contributed by atoms with E-state index in [0.29, 0.717) is 67.9 Å². The lowest BCUT2D eigenvalue weighted by Crippen LogP contribution is -2.39. The van der Waals surface area contributed by atoms with Crippen molar-refractivity contribution in [2.75, 3.05) is 53.7 Å². The molecule has 3 aliphatic heterocycles. The molecule has 260 valence electrons. The molecule has 3 heterocycles. The molecule has 2 saturated heterocycles. The largest absolute Gasteiger partial charge is 0.493 e. The third-order valence-corrected chi connectivity index (χ3v) is 9.28. The van der Waals surface area contributed by atoms with Gasteiger partial charge in [0.2, 0.25) is 5.91 Å². The predicted octanol–water partition coefficient (Wildman–Crippen LogP) is 6.73. The van der Waals surface area contributed by atoms with E-state index >= 15 is 0 Å². The van der Waals surface area contributed by atoms with Gasteiger partial charge in [-0.1, -0.05) is 31.6 Å². The van der Waals surface area contributed by atoms with Crippen LogP contribution in [-0.2, 0) is 16.0 Å². The van der Waals surface area contributed by atoms with Gasteiger partial charge in [-0.05, 0) is 94.3 Å². The number of amides is 2. The van der Waals surface area contributed by atoms with Crippen LogP contribution in [0.25, 0.3) is 6.08 Å². The summed E-state index contributed by atoms with van der Waals surface area (Å²) in [4.78, 5) is 30.0. The summed E-state index contributed by atoms with van der Waals surface area (Å²) in [6, 6.07) is 9.72. The van der Waals surface area contributed by atoms with Crippen LogP contribution >= 0.6 is 0 Å². The lowest BCUT2D eigenvalue weighted by molar-refractivity contribution is -0.129. The Hall–Kier alpha value is -3.98. The van der Waals surface area contributed by atoms with Crippen molar-refractivity contribution < 1.29 is 33.3 Å². The molecular formula is C39H52N2O7. The highest BCUT2D eigenvalue weighted by atomic mass is 16.5. The zero-order valence-electron chi connectivity index (χ0n) is 29.7. The molecule has 0 aromatic heterocycles. The number of aryl methyl sites for hydroxylation is 1. The van der Waals surface area contributed by atoms with Crippen LogP contribution in [0.5, 0.6) is 23.0 Å². The molecule has 9 heteroatoms. The van der Waals surface area contributed by atoms with Crippen LogP contribution in [0.3, 0.4) is 0 Å². The topological polar surface area (TPSA) is 86.8 Å². The van der Waals surface area contributed by atoms with E-state index in [1.807, 2.05) is 35.2 Å². The second kappa shape index (κ2) is 15.1. The molecule has 2 aromatic rings. The molecule has 2 amide bonds. The molecule has 0 aliphatic carbocycles. The third-order valence-electron chi connectivity index (χ3n) is 9.28. The van der Waals surface area contributed by atoms with E-state index in [0.717, 1.165) is 43.4 Å². The highest BCUT2D eigenvalue weighted by Crippen LogP contribution is 2.40. The van der Waals surface area contributed by atoms with Gasteiger partial charge in [0.15, 0.2) is 23.0 Å². The van der Waals surface area contributed by atoms with Gasteiger partial charge in [-0.2, -0.15) is 0 Å². The minimum absolute atomic E-state index is 0.0282. The number of benzene rings is 2. The number of hydrogen-bond donors (Lipinski definition) is 0. The summed E-state index contributed by atoms with van der Waals surface area (Å²) in [6.07, 6.45) is 10.0. The Kier molecular flexibility index (Phi) is 11.1. The number of methoxy groups -OCH3 is 2. The molecular weight excluding hydrogens is 608 g/mol. The lowest BCUT2D eigenvalue weighted by Gasteiger charge is -2.36. The van der Waals surface area contributed by atoms with Crippen LogP contribution in [0.2, 0.25) is 0 Å². The molecule has 1 atom stereocenters. The number of fused-ring (bicyclic) bond motifs is 2. The predicted molar refractivity (Wildman–Crippen MR) is 187 cm³/mol. The number of hydrogen-bond acceptors (Lipinski definition) is 7. The lowest BCUT2D eigenvalue weighted by atomic mass is 9.82. The summed E-state index contributed by atoms with van der Waals surface area (Å²) in [5.74, 6) is 2.48. The van der Waals surface area contributed by atoms with E-state index in [4.69, 9.17) is 23.7 Å². The summed E-state index contributed by atoms with van der Waals surface area (Å²) in [5.41, 5.74) is 3.02. The SMILES string of the molecule is COc1cc(C=CC(=O)N2CCOCC2)ccc1OCC(C)(C)CC(C)(C)Oc1cc2c(cc1OC)C(=O)N1CCCC1C=C(C)CC2. The summed E-state index contributed by atoms with van der Waals surface area (Å²) >= 11 is 0. The maximum absolute atomic E-state index is 13.7. The quantitative estimate of drug-likeness (QED) is 0.195. The Morgan fingerprint density at radius 3 is 2.42 bits per heavy atom. The zero-order valence-corrected chi connectivity index (χ0v) is 29.7. The van der Waals surface area contributed by atoms with E-state index in [2.05, 4.69) is 40.7 Å². The average Bonchev–Trinajstić information content (AvgIpc) is 3.53. The first-order valence-electron chi connectivity index (χ1n) is 17.1. The molecule has 2 fully saturated rings. The van der Waals surface area contributed by atoms with E-state index < -0.39 is 5.60 Å². The number of nitrogens with zero attached hydrogens (tertiary/aromatic N) is 2. The van der Waals surface area contributed by atoms with Crippen molar-refractivity contribution in [2.24, 2.45) is 5.41 Å². The van der Waals surface area contributed by atoms with Crippen molar-refractivity contribution in [3.8, 4) is 23.0 Å². The number of allylic oxidation sites excluding steroid dienone is 1. The fourth-order valence-electron chi connectivity index (χ4n) is 7.14. The highest BCUT2D eigenvalue weighted by molar-refractivity contribution is 5.97. The van der Waals surface area contributed by atoms with E-state index in [1.54, 1.807) is 31.3 Å². The first kappa shape index (κ1) is 35.3. The Balaban J connectivity index is 1.25. The number of morpholine rings is 1. The molecule has 2 aromatic carbocycles. The van der Waals surface area contributed by atoms with Crippen LogP contribution in [0.4, 0.5) is 0 Å². The molecule has 0 spiro atoms. The van der Waals surface area contributed by atoms with Crippen molar-refractivity contribution in [2.45, 2.75) is 78.4 Å². The van der Waals surface area contributed by atoms with Gasteiger partial charge in [0.05, 0.1) is 40.1 Å². The molecule has 48 heavy (non-hydrogen) atoms. The smallest absolute Gasteiger partial charge is 0.254 e. The number of ether oxygens (including phenoxy) is 5. The molecule has 3 aliphatic rings. The van der Waals surface area contributed by atoms with Crippen LogP contribution < -0.4 is 18.9 Å². The Bertz CT molecular complexity index is 1540. The third kappa shape index (κ3) is 8.73. The molecule has 5 rings (SSSR count). The van der Waals surface area contributed by atoms with Crippen molar-refractivity contribution in [1.29, 1.82) is 0 Å². The fraction of sp³-hybridized carbons (Fsp3) is 0.538. The van der Waals surface area contributed by atoms with E-state index in [1.165, 1.54) is 5.57 Å². The van der Waals surface area contributed by atoms with Gasteiger partial charge < -0.3 is 33.5 Å². The van der Waals surface area contributed by atoms with Gasteiger partial charge in [-0.3, -0.25) is 9.59 Å². The van der Waals surface area contributed by atoms with Gasteiger partial charge in [0.25, 0.3) is 5.91 Å². The standard InChI is InChI=1S/C39H52N2O7/c1-27-10-13-29-23-35(34(45-7)24-31(29)37(43)41-16-8-9-30(41)21-27)48-39(4,5)25-38(2,3)26-47-32-14-11-28(22-33(32)44-6)12-15-36(42)40-17-19-46-20-18-40/h11-12,14-15,21-24,30H,8-10,13,16-20,25-26H2,1-7H3. The zero-order chi connectivity index (χ0) is 34.5. The van der Waals surface area contributed by atoms with Gasteiger partial charge >= 0.3 is 0 Å². The molecule has 0 radical (unpaired) electrons. The maximum atomic E-state index is 13.7. The summed E-state index contributed by atoms with van der Waals surface area (Å²) < 4.78 is 29.8. The number of rotatable bonds is 11. The minimum atomic E-state index is -0.571. The van der Waals surface area contributed by atoms with E-state index in [-0.39, 0.29) is 23.3 Å². The Morgan fingerprint density at radius 2 is 1.69 bits per heavy atom. The number of carbonyl (C=O) groups is 2. The normalized spacial score (nSPS) is 18.8. The van der Waals surface area contributed by atoms with E-state index in [9.17, 15) is 9.59 Å². The van der Waals surface area contributed by atoms with Crippen LogP contribution in [0, 0.1) is 5.41 Å². The molecule has 0 saturated carbocycles. The second-order valence-electron chi connectivity index (χ2n) is 14.6. The monoisotopic (exact) mass is 660 g/mol. The van der Waals surface area contributed by atoms with Crippen LogP contribution in [0.15, 0.2) is 48.1 Å². The van der Waals surface area contributed by atoms with Gasteiger partial charge in [0.1, 0.15) is 5.60 Å². The van der Waals surface area contributed by atoms with Gasteiger partial charge in [0, 0.05) is 36.7 Å². The van der Waals surface area contributed by atoms with Crippen LogP contribution in [0.1, 0.15) is 81.8 Å². The van der Waals surface area contributed by atoms with Crippen molar-refractivity contribution in [3.05, 3.63) is 64.7 Å². The molecule has 0 bridgehead atoms. The van der Waals surface area contributed by atoms with Crippen molar-refractivity contribution in [3.63, 3.8) is 0 Å². The summed E-state index contributed by atoms with van der Waals surface area (Å²) in [6.45, 7) is 14.2. The number of carbonyl (C=O) groups excluding carboxylic acids is 2. The highest BCUT2D eigenvalue weighted by Gasteiger charge is 2.34. The molecule has 1 unspecified atom stereocenters. The Morgan fingerprint density at radius 1 is 0.958 bits per heavy atom. The first-order chi connectivity index (χ1) is 22.9. The fourth-order valence-corrected chi connectivity index (χ4v) is 7.14. The Labute approximate surface area is 285 Å². The van der Waals surface area contributed by atoms with Gasteiger partial charge in [-0.15, -0.1) is 0 Å². The molecule has 0 N–H and O–H groups in total. The first-order valence-corrected chi connectivity index (χ1v) is 17.1. The molecule has 9 nitrogen and oxygen atoms in total. The minimum Gasteiger partial charge on any atom is -0.493 e. The summed E-state index contributed by atoms with van der Waals surface area (Å²) in [7, 11) is 3.24. The maximum Gasteiger partial charge on any atom is 0.254 e. The van der Waals surface area contributed by atoms with Crippen molar-refractivity contribution in [1.82, 2.24) is 9.80 Å². The van der Waals surface area contributed by atoms with Crippen LogP contribution in [-0.4, -0.2) is 86.9 Å². The summed E-state index contributed by atoms with van der Waals surface area (Å²) in [5, 5.41) is 0.